The number of aromatic nitrogens is 1. The number of carboxylic acid groups (broad SMARTS) is 1. The lowest BCUT2D eigenvalue weighted by atomic mass is 9.91. The predicted molar refractivity (Wildman–Crippen MR) is 127 cm³/mol. The van der Waals surface area contributed by atoms with Gasteiger partial charge in [0.1, 0.15) is 0 Å². The molecule has 184 valence electrons. The van der Waals surface area contributed by atoms with Crippen molar-refractivity contribution in [2.24, 2.45) is 0 Å². The van der Waals surface area contributed by atoms with E-state index in [1.807, 2.05) is 0 Å². The number of fused-ring (bicyclic) bond motifs is 2. The van der Waals surface area contributed by atoms with E-state index in [1.54, 1.807) is 12.1 Å². The number of ketones is 1. The summed E-state index contributed by atoms with van der Waals surface area (Å²) in [4.78, 5) is 40.0. The number of aromatic amines is 1. The molecule has 2 aliphatic heterocycles. The van der Waals surface area contributed by atoms with Crippen molar-refractivity contribution in [3.8, 4) is 0 Å². The average molecular weight is 500 g/mol. The summed E-state index contributed by atoms with van der Waals surface area (Å²) in [5, 5.41) is 12.0. The highest BCUT2D eigenvalue weighted by molar-refractivity contribution is 7.89. The number of nitrogens with zero attached hydrogens (tertiary/aromatic N) is 1. The third-order valence-electron chi connectivity index (χ3n) is 6.58. The van der Waals surface area contributed by atoms with Gasteiger partial charge < -0.3 is 20.1 Å². The normalized spacial score (nSPS) is 19.5. The van der Waals surface area contributed by atoms with Crippen LogP contribution in [0, 0.1) is 0 Å². The van der Waals surface area contributed by atoms with Crippen LogP contribution in [0.15, 0.2) is 23.1 Å². The Morgan fingerprint density at radius 1 is 1.17 bits per heavy atom. The number of hydrogen-bond acceptors (Lipinski definition) is 6. The quantitative estimate of drug-likeness (QED) is 0.516. The fourth-order valence-electron chi connectivity index (χ4n) is 4.86. The lowest BCUT2D eigenvalue weighted by molar-refractivity contribution is -0.137. The molecule has 1 amide bonds. The molecule has 3 aliphatic rings. The van der Waals surface area contributed by atoms with Gasteiger partial charge in [-0.3, -0.25) is 14.4 Å². The first-order valence-corrected chi connectivity index (χ1v) is 12.9. The number of hydrogen-bond donors (Lipinski definition) is 3. The van der Waals surface area contributed by atoms with Gasteiger partial charge in [0.05, 0.1) is 23.7 Å². The van der Waals surface area contributed by atoms with Crippen LogP contribution < -0.4 is 5.32 Å². The lowest BCUT2D eigenvalue weighted by Crippen LogP contribution is -2.40. The van der Waals surface area contributed by atoms with Crippen LogP contribution in [0.1, 0.15) is 52.1 Å². The zero-order valence-electron chi connectivity index (χ0n) is 18.9. The fraction of sp³-hybridized carbons (Fsp3) is 0.375. The summed E-state index contributed by atoms with van der Waals surface area (Å²) < 4.78 is 32.9. The highest BCUT2D eigenvalue weighted by Crippen LogP contribution is 2.37. The standard InChI is InChI=1S/C24H25N3O7S/c28-21-3-1-2-19-23(21)15(5-7-22(29)30)20(25-19)13-17-16-12-14(4-6-18(16)26-24(17)31)35(32,33)27-8-10-34-11-9-27/h4,6,12-13,25H,1-3,5,7-11H2,(H,26,31)(H,29,30). The van der Waals surface area contributed by atoms with Gasteiger partial charge in [-0.25, -0.2) is 8.42 Å². The van der Waals surface area contributed by atoms with E-state index in [4.69, 9.17) is 4.74 Å². The van der Waals surface area contributed by atoms with Crippen molar-refractivity contribution in [2.45, 2.75) is 37.0 Å². The largest absolute Gasteiger partial charge is 0.481 e. The maximum Gasteiger partial charge on any atom is 0.303 e. The van der Waals surface area contributed by atoms with E-state index < -0.39 is 21.9 Å². The van der Waals surface area contributed by atoms with E-state index in [2.05, 4.69) is 10.3 Å². The highest BCUT2D eigenvalue weighted by Gasteiger charge is 2.32. The third-order valence-corrected chi connectivity index (χ3v) is 8.48. The maximum absolute atomic E-state index is 13.2. The number of aryl methyl sites for hydroxylation is 1. The third kappa shape index (κ3) is 4.30. The van der Waals surface area contributed by atoms with E-state index in [9.17, 15) is 27.9 Å². The van der Waals surface area contributed by atoms with Crippen LogP contribution in [-0.4, -0.2) is 66.8 Å². The minimum atomic E-state index is -3.76. The van der Waals surface area contributed by atoms with Crippen molar-refractivity contribution in [1.29, 1.82) is 0 Å². The molecule has 1 fully saturated rings. The number of carbonyl (C=O) groups is 3. The number of nitrogens with one attached hydrogen (secondary N) is 2. The van der Waals surface area contributed by atoms with Crippen molar-refractivity contribution >= 4 is 45.0 Å². The zero-order chi connectivity index (χ0) is 24.7. The van der Waals surface area contributed by atoms with Crippen LogP contribution in [0.4, 0.5) is 5.69 Å². The van der Waals surface area contributed by atoms with Gasteiger partial charge >= 0.3 is 5.97 Å². The Morgan fingerprint density at radius 2 is 1.94 bits per heavy atom. The van der Waals surface area contributed by atoms with Gasteiger partial charge in [-0.1, -0.05) is 0 Å². The number of morpholine rings is 1. The molecule has 1 aromatic carbocycles. The Labute approximate surface area is 202 Å². The number of anilines is 1. The second-order valence-electron chi connectivity index (χ2n) is 8.78. The molecule has 3 N–H and O–H groups in total. The van der Waals surface area contributed by atoms with Gasteiger partial charge in [0.25, 0.3) is 5.91 Å². The molecule has 10 nitrogen and oxygen atoms in total. The number of H-pyrrole nitrogens is 1. The zero-order valence-corrected chi connectivity index (χ0v) is 19.7. The number of sulfonamides is 1. The summed E-state index contributed by atoms with van der Waals surface area (Å²) in [6.45, 7) is 1.16. The fourth-order valence-corrected chi connectivity index (χ4v) is 6.29. The van der Waals surface area contributed by atoms with E-state index in [0.717, 1.165) is 5.69 Å². The van der Waals surface area contributed by atoms with Crippen LogP contribution >= 0.6 is 0 Å². The molecule has 1 aromatic heterocycles. The SMILES string of the molecule is O=C(O)CCc1c(C=C2C(=O)Nc3ccc(S(=O)(=O)N4CCOCC4)cc32)[nH]c2c1C(=O)CCC2. The number of rotatable bonds is 6. The van der Waals surface area contributed by atoms with Gasteiger partial charge in [0.15, 0.2) is 5.78 Å². The molecular weight excluding hydrogens is 474 g/mol. The topological polar surface area (TPSA) is 146 Å². The van der Waals surface area contributed by atoms with Crippen LogP contribution in [0.3, 0.4) is 0 Å². The molecule has 0 spiro atoms. The number of amides is 1. The van der Waals surface area contributed by atoms with Gasteiger partial charge in [-0.15, -0.1) is 0 Å². The van der Waals surface area contributed by atoms with Crippen molar-refractivity contribution in [2.75, 3.05) is 31.6 Å². The Kier molecular flexibility index (Phi) is 6.07. The maximum atomic E-state index is 13.2. The summed E-state index contributed by atoms with van der Waals surface area (Å²) in [5.41, 5.74) is 3.53. The molecule has 0 atom stereocenters. The molecule has 11 heteroatoms. The van der Waals surface area contributed by atoms with E-state index in [0.29, 0.717) is 60.5 Å². The average Bonchev–Trinajstić information content (AvgIpc) is 3.35. The van der Waals surface area contributed by atoms with Crippen LogP contribution in [0.25, 0.3) is 11.6 Å². The van der Waals surface area contributed by atoms with Crippen molar-refractivity contribution in [3.63, 3.8) is 0 Å². The molecule has 35 heavy (non-hydrogen) atoms. The number of carboxylic acids is 1. The minimum absolute atomic E-state index is 0.0392. The molecular formula is C24H25N3O7S. The minimum Gasteiger partial charge on any atom is -0.481 e. The van der Waals surface area contributed by atoms with Crippen LogP contribution in [-0.2, 0) is 37.2 Å². The first-order chi connectivity index (χ1) is 16.8. The molecule has 0 saturated carbocycles. The number of ether oxygens (including phenoxy) is 1. The van der Waals surface area contributed by atoms with E-state index >= 15 is 0 Å². The number of aliphatic carboxylic acids is 1. The summed E-state index contributed by atoms with van der Waals surface area (Å²) in [6.07, 6.45) is 3.34. The van der Waals surface area contributed by atoms with E-state index in [1.165, 1.54) is 16.4 Å². The van der Waals surface area contributed by atoms with Crippen LogP contribution in [0.5, 0.6) is 0 Å². The first kappa shape index (κ1) is 23.5. The van der Waals surface area contributed by atoms with Crippen LogP contribution in [0.2, 0.25) is 0 Å². The molecule has 0 bridgehead atoms. The summed E-state index contributed by atoms with van der Waals surface area (Å²) in [6, 6.07) is 4.52. The van der Waals surface area contributed by atoms with Crippen molar-refractivity contribution < 1.29 is 32.6 Å². The summed E-state index contributed by atoms with van der Waals surface area (Å²) in [5.74, 6) is -1.42. The molecule has 1 aliphatic carbocycles. The smallest absolute Gasteiger partial charge is 0.303 e. The van der Waals surface area contributed by atoms with Crippen molar-refractivity contribution in [3.05, 3.63) is 46.3 Å². The highest BCUT2D eigenvalue weighted by atomic mass is 32.2. The Morgan fingerprint density at radius 3 is 2.69 bits per heavy atom. The summed E-state index contributed by atoms with van der Waals surface area (Å²) >= 11 is 0. The van der Waals surface area contributed by atoms with Gasteiger partial charge in [-0.05, 0) is 49.1 Å². The molecule has 1 saturated heterocycles. The number of carbonyl (C=O) groups excluding carboxylic acids is 2. The lowest BCUT2D eigenvalue weighted by Gasteiger charge is -2.26. The molecule has 2 aromatic rings. The number of benzene rings is 1. The van der Waals surface area contributed by atoms with Gasteiger partial charge in [0.2, 0.25) is 10.0 Å². The second kappa shape index (κ2) is 9.06. The molecule has 3 heterocycles. The van der Waals surface area contributed by atoms with E-state index in [-0.39, 0.29) is 42.2 Å². The summed E-state index contributed by atoms with van der Waals surface area (Å²) in [7, 11) is -3.76. The van der Waals surface area contributed by atoms with Gasteiger partial charge in [-0.2, -0.15) is 4.31 Å². The Balaban J connectivity index is 1.57. The van der Waals surface area contributed by atoms with Crippen molar-refractivity contribution in [1.82, 2.24) is 9.29 Å². The van der Waals surface area contributed by atoms with Gasteiger partial charge in [0, 0.05) is 54.1 Å². The monoisotopic (exact) mass is 499 g/mol. The number of Topliss-reactive ketones (excluding diaryl/α,β-unsaturated/α-hetero) is 1. The Bertz CT molecular complexity index is 1370. The Hall–Kier alpha value is -3.28. The first-order valence-electron chi connectivity index (χ1n) is 11.5. The molecule has 0 unspecified atom stereocenters. The second-order valence-corrected chi connectivity index (χ2v) is 10.7. The molecule has 5 rings (SSSR count). The molecule has 0 radical (unpaired) electrons. The predicted octanol–water partition coefficient (Wildman–Crippen LogP) is 2.06.